The van der Waals surface area contributed by atoms with Gasteiger partial charge in [-0.15, -0.1) is 0 Å². The van der Waals surface area contributed by atoms with Crippen molar-refractivity contribution in [1.82, 2.24) is 4.90 Å². The quantitative estimate of drug-likeness (QED) is 0.483. The molecule has 0 aromatic heterocycles. The van der Waals surface area contributed by atoms with Crippen molar-refractivity contribution in [3.63, 3.8) is 0 Å². The second-order valence-corrected chi connectivity index (χ2v) is 5.52. The molecule has 0 aliphatic carbocycles. The van der Waals surface area contributed by atoms with Crippen LogP contribution in [0.2, 0.25) is 0 Å². The fourth-order valence-electron chi connectivity index (χ4n) is 1.36. The van der Waals surface area contributed by atoms with Crippen LogP contribution in [0.25, 0.3) is 0 Å². The number of carbonyl (C=O) groups excluding carboxylic acids is 3. The summed E-state index contributed by atoms with van der Waals surface area (Å²) < 4.78 is 14.9. The Morgan fingerprint density at radius 1 is 1.19 bits per heavy atom. The maximum atomic E-state index is 11.8. The van der Waals surface area contributed by atoms with Crippen LogP contribution in [-0.2, 0) is 28.6 Å². The second-order valence-electron chi connectivity index (χ2n) is 5.52. The molecule has 0 saturated heterocycles. The molecular weight excluding hydrogens is 278 g/mol. The van der Waals surface area contributed by atoms with Crippen LogP contribution in [0, 0.1) is 0 Å². The van der Waals surface area contributed by atoms with Crippen molar-refractivity contribution >= 4 is 17.9 Å². The van der Waals surface area contributed by atoms with Crippen LogP contribution >= 0.6 is 0 Å². The molecule has 0 atom stereocenters. The third-order valence-electron chi connectivity index (χ3n) is 2.38. The molecule has 0 fully saturated rings. The van der Waals surface area contributed by atoms with Crippen molar-refractivity contribution in [2.75, 3.05) is 26.7 Å². The van der Waals surface area contributed by atoms with Crippen molar-refractivity contribution < 1.29 is 28.6 Å². The third kappa shape index (κ3) is 9.01. The average molecular weight is 303 g/mol. The van der Waals surface area contributed by atoms with Gasteiger partial charge in [0.15, 0.2) is 0 Å². The number of hydrogen-bond donors (Lipinski definition) is 0. The lowest BCUT2D eigenvalue weighted by Crippen LogP contribution is -2.42. The molecule has 0 aromatic rings. The molecular formula is C14H25NO6. The van der Waals surface area contributed by atoms with E-state index in [2.05, 4.69) is 0 Å². The zero-order valence-corrected chi connectivity index (χ0v) is 13.6. The number of rotatable bonds is 8. The first kappa shape index (κ1) is 19.4. The molecule has 0 unspecified atom stereocenters. The topological polar surface area (TPSA) is 82.1 Å². The van der Waals surface area contributed by atoms with E-state index >= 15 is 0 Å². The van der Waals surface area contributed by atoms with Crippen LogP contribution in [0.3, 0.4) is 0 Å². The zero-order valence-electron chi connectivity index (χ0n) is 13.6. The van der Waals surface area contributed by atoms with E-state index in [0.29, 0.717) is 6.54 Å². The van der Waals surface area contributed by atoms with Gasteiger partial charge in [-0.05, 0) is 34.7 Å². The Morgan fingerprint density at radius 2 is 1.76 bits per heavy atom. The monoisotopic (exact) mass is 303 g/mol. The highest BCUT2D eigenvalue weighted by atomic mass is 16.6. The summed E-state index contributed by atoms with van der Waals surface area (Å²) in [6, 6.07) is 0. The summed E-state index contributed by atoms with van der Waals surface area (Å²) in [5, 5.41) is 0. The molecule has 21 heavy (non-hydrogen) atoms. The molecule has 0 radical (unpaired) electrons. The van der Waals surface area contributed by atoms with Crippen LogP contribution in [0.4, 0.5) is 0 Å². The van der Waals surface area contributed by atoms with Crippen molar-refractivity contribution in [2.24, 2.45) is 0 Å². The fraction of sp³-hybridized carbons (Fsp3) is 0.786. The Kier molecular flexibility index (Phi) is 7.94. The van der Waals surface area contributed by atoms with Gasteiger partial charge in [0.05, 0.1) is 12.6 Å². The van der Waals surface area contributed by atoms with Gasteiger partial charge in [-0.25, -0.2) is 4.79 Å². The molecule has 0 heterocycles. The maximum absolute atomic E-state index is 11.8. The Balaban J connectivity index is 4.22. The molecule has 7 nitrogen and oxygen atoms in total. The first-order valence-electron chi connectivity index (χ1n) is 6.79. The smallest absolute Gasteiger partial charge is 0.350 e. The molecule has 0 aliphatic rings. The largest absolute Gasteiger partial charge is 0.465 e. The Hall–Kier alpha value is -1.63. The van der Waals surface area contributed by atoms with Gasteiger partial charge in [0.2, 0.25) is 5.60 Å². The van der Waals surface area contributed by atoms with Gasteiger partial charge >= 0.3 is 17.9 Å². The summed E-state index contributed by atoms with van der Waals surface area (Å²) in [6.07, 6.45) is -0.276. The van der Waals surface area contributed by atoms with E-state index in [1.165, 1.54) is 20.8 Å². The Labute approximate surface area is 125 Å². The maximum Gasteiger partial charge on any atom is 0.350 e. The van der Waals surface area contributed by atoms with E-state index in [9.17, 15) is 14.4 Å². The summed E-state index contributed by atoms with van der Waals surface area (Å²) in [6.45, 7) is 8.29. The molecule has 0 spiro atoms. The summed E-state index contributed by atoms with van der Waals surface area (Å²) in [7, 11) is 1.68. The van der Waals surface area contributed by atoms with Crippen LogP contribution in [-0.4, -0.2) is 61.3 Å². The minimum absolute atomic E-state index is 0.0142. The van der Waals surface area contributed by atoms with Crippen LogP contribution < -0.4 is 0 Å². The lowest BCUT2D eigenvalue weighted by Gasteiger charge is -2.25. The molecule has 0 aromatic carbocycles. The van der Waals surface area contributed by atoms with Gasteiger partial charge in [0.1, 0.15) is 6.61 Å². The lowest BCUT2D eigenvalue weighted by atomic mass is 10.1. The van der Waals surface area contributed by atoms with Gasteiger partial charge in [0, 0.05) is 13.5 Å². The average Bonchev–Trinajstić information content (AvgIpc) is 2.25. The first-order chi connectivity index (χ1) is 9.54. The highest BCUT2D eigenvalue weighted by Gasteiger charge is 2.34. The third-order valence-corrected chi connectivity index (χ3v) is 2.38. The van der Waals surface area contributed by atoms with Gasteiger partial charge in [0.25, 0.3) is 0 Å². The van der Waals surface area contributed by atoms with Crippen molar-refractivity contribution in [1.29, 1.82) is 0 Å². The van der Waals surface area contributed by atoms with Gasteiger partial charge < -0.3 is 14.2 Å². The van der Waals surface area contributed by atoms with Crippen molar-refractivity contribution in [3.8, 4) is 0 Å². The number of likely N-dealkylation sites (N-methyl/N-ethyl adjacent to an activating group) is 1. The predicted octanol–water partition coefficient (Wildman–Crippen LogP) is 0.755. The van der Waals surface area contributed by atoms with Crippen LogP contribution in [0.5, 0.6) is 0 Å². The van der Waals surface area contributed by atoms with E-state index in [4.69, 9.17) is 14.2 Å². The van der Waals surface area contributed by atoms with Crippen LogP contribution in [0.15, 0.2) is 0 Å². The van der Waals surface area contributed by atoms with Crippen molar-refractivity contribution in [3.05, 3.63) is 0 Å². The second kappa shape index (κ2) is 8.61. The Morgan fingerprint density at radius 3 is 2.24 bits per heavy atom. The fourth-order valence-corrected chi connectivity index (χ4v) is 1.36. The summed E-state index contributed by atoms with van der Waals surface area (Å²) in [4.78, 5) is 35.8. The number of esters is 3. The van der Waals surface area contributed by atoms with E-state index < -0.39 is 17.5 Å². The zero-order chi connectivity index (χ0) is 16.6. The minimum Gasteiger partial charge on any atom is -0.465 e. The molecule has 122 valence electrons. The minimum atomic E-state index is -1.34. The van der Waals surface area contributed by atoms with E-state index in [-0.39, 0.29) is 25.2 Å². The van der Waals surface area contributed by atoms with E-state index in [1.54, 1.807) is 25.8 Å². The number of nitrogens with zero attached hydrogens (tertiary/aromatic N) is 1. The molecule has 7 heteroatoms. The number of ether oxygens (including phenoxy) is 3. The van der Waals surface area contributed by atoms with Crippen LogP contribution in [0.1, 0.15) is 34.6 Å². The van der Waals surface area contributed by atoms with Gasteiger partial charge in [-0.3, -0.25) is 14.5 Å². The molecule has 0 aliphatic heterocycles. The SMILES string of the molecule is CC(=O)OCCN(C)CC(=O)OC(C)(C)C(=O)OC(C)C. The predicted molar refractivity (Wildman–Crippen MR) is 75.5 cm³/mol. The molecule has 0 saturated carbocycles. The van der Waals surface area contributed by atoms with E-state index in [0.717, 1.165) is 0 Å². The summed E-state index contributed by atoms with van der Waals surface area (Å²) in [5.41, 5.74) is -1.34. The highest BCUT2D eigenvalue weighted by Crippen LogP contribution is 2.13. The Bertz CT molecular complexity index is 378. The normalized spacial score (nSPS) is 11.4. The summed E-state index contributed by atoms with van der Waals surface area (Å²) in [5.74, 6) is -1.51. The number of hydrogen-bond acceptors (Lipinski definition) is 7. The number of carbonyl (C=O) groups is 3. The molecule has 0 bridgehead atoms. The summed E-state index contributed by atoms with van der Waals surface area (Å²) >= 11 is 0. The van der Waals surface area contributed by atoms with Crippen molar-refractivity contribution in [2.45, 2.75) is 46.3 Å². The molecule has 0 amide bonds. The lowest BCUT2D eigenvalue weighted by molar-refractivity contribution is -0.181. The van der Waals surface area contributed by atoms with Gasteiger partial charge in [-0.1, -0.05) is 0 Å². The standard InChI is InChI=1S/C14H25NO6/c1-10(2)20-13(18)14(4,5)21-12(17)9-15(6)7-8-19-11(3)16/h10H,7-9H2,1-6H3. The molecule has 0 N–H and O–H groups in total. The first-order valence-corrected chi connectivity index (χ1v) is 6.79. The molecule has 0 rings (SSSR count). The highest BCUT2D eigenvalue weighted by molar-refractivity contribution is 5.83. The van der Waals surface area contributed by atoms with E-state index in [1.807, 2.05) is 0 Å². The van der Waals surface area contributed by atoms with Gasteiger partial charge in [-0.2, -0.15) is 0 Å².